The van der Waals surface area contributed by atoms with Gasteiger partial charge < -0.3 is 16.8 Å². The largest absolute Gasteiger partial charge is 0.389 e. The van der Waals surface area contributed by atoms with E-state index >= 15 is 0 Å². The number of hydrogen-bond acceptors (Lipinski definition) is 3. The van der Waals surface area contributed by atoms with Crippen LogP contribution >= 0.6 is 23.8 Å². The zero-order chi connectivity index (χ0) is 13.2. The predicted molar refractivity (Wildman–Crippen MR) is 74.2 cm³/mol. The Bertz CT molecular complexity index is 474. The molecule has 1 rings (SSSR count). The first kappa shape index (κ1) is 13.7. The monoisotopic (exact) mass is 271 g/mol. The van der Waals surface area contributed by atoms with Crippen LogP contribution in [-0.4, -0.2) is 16.4 Å². The Balaban J connectivity index is 3.15. The fourth-order valence-electron chi connectivity index (χ4n) is 1.23. The van der Waals surface area contributed by atoms with E-state index in [-0.39, 0.29) is 4.99 Å². The molecular formula is C11H14ClN3OS. The molecule has 0 saturated heterocycles. The van der Waals surface area contributed by atoms with E-state index in [1.807, 2.05) is 0 Å². The highest BCUT2D eigenvalue weighted by Gasteiger charge is 2.25. The van der Waals surface area contributed by atoms with Gasteiger partial charge in [-0.1, -0.05) is 23.8 Å². The standard InChI is InChI=1S/C11H14ClN3OS/c1-11(2,10(14)16)15-8-4-3-6(12)5-7(8)9(13)17/h3-5,15H,1-2H3,(H2,13,17)(H2,14,16). The van der Waals surface area contributed by atoms with Crippen LogP contribution in [0.5, 0.6) is 0 Å². The van der Waals surface area contributed by atoms with Crippen molar-refractivity contribution in [1.29, 1.82) is 0 Å². The average Bonchev–Trinajstić information content (AvgIpc) is 2.19. The second-order valence-electron chi connectivity index (χ2n) is 4.17. The van der Waals surface area contributed by atoms with E-state index in [4.69, 9.17) is 35.3 Å². The van der Waals surface area contributed by atoms with E-state index in [9.17, 15) is 4.79 Å². The smallest absolute Gasteiger partial charge is 0.242 e. The minimum absolute atomic E-state index is 0.204. The molecule has 0 aliphatic rings. The van der Waals surface area contributed by atoms with Gasteiger partial charge in [0.1, 0.15) is 10.5 Å². The topological polar surface area (TPSA) is 81.1 Å². The molecular weight excluding hydrogens is 258 g/mol. The molecule has 0 heterocycles. The van der Waals surface area contributed by atoms with Crippen LogP contribution in [0.2, 0.25) is 5.02 Å². The molecule has 0 fully saturated rings. The van der Waals surface area contributed by atoms with Crippen LogP contribution in [0.15, 0.2) is 18.2 Å². The molecule has 0 aliphatic carbocycles. The van der Waals surface area contributed by atoms with Crippen molar-refractivity contribution in [3.8, 4) is 0 Å². The summed E-state index contributed by atoms with van der Waals surface area (Å²) in [6, 6.07) is 5.04. The summed E-state index contributed by atoms with van der Waals surface area (Å²) in [6.07, 6.45) is 0. The molecule has 0 spiro atoms. The molecule has 0 unspecified atom stereocenters. The molecule has 0 bridgehead atoms. The number of rotatable bonds is 4. The maximum Gasteiger partial charge on any atom is 0.242 e. The lowest BCUT2D eigenvalue weighted by Crippen LogP contribution is -2.45. The highest BCUT2D eigenvalue weighted by molar-refractivity contribution is 7.80. The molecule has 0 aliphatic heterocycles. The Morgan fingerprint density at radius 1 is 1.41 bits per heavy atom. The van der Waals surface area contributed by atoms with Crippen LogP contribution in [0, 0.1) is 0 Å². The molecule has 4 nitrogen and oxygen atoms in total. The Labute approximate surface area is 110 Å². The maximum absolute atomic E-state index is 11.2. The molecule has 1 aromatic carbocycles. The second-order valence-corrected chi connectivity index (χ2v) is 5.04. The van der Waals surface area contributed by atoms with Gasteiger partial charge in [-0.2, -0.15) is 0 Å². The fourth-order valence-corrected chi connectivity index (χ4v) is 1.57. The van der Waals surface area contributed by atoms with Gasteiger partial charge in [-0.15, -0.1) is 0 Å². The third kappa shape index (κ3) is 3.31. The van der Waals surface area contributed by atoms with E-state index < -0.39 is 11.4 Å². The van der Waals surface area contributed by atoms with Gasteiger partial charge in [-0.25, -0.2) is 0 Å². The summed E-state index contributed by atoms with van der Waals surface area (Å²) < 4.78 is 0. The Kier molecular flexibility index (Phi) is 3.95. The van der Waals surface area contributed by atoms with Gasteiger partial charge in [0.2, 0.25) is 5.91 Å². The van der Waals surface area contributed by atoms with Gasteiger partial charge in [0.25, 0.3) is 0 Å². The van der Waals surface area contributed by atoms with Crippen molar-refractivity contribution < 1.29 is 4.79 Å². The van der Waals surface area contributed by atoms with Crippen molar-refractivity contribution in [1.82, 2.24) is 0 Å². The maximum atomic E-state index is 11.2. The van der Waals surface area contributed by atoms with Gasteiger partial charge in [-0.05, 0) is 32.0 Å². The molecule has 1 amide bonds. The second kappa shape index (κ2) is 4.89. The minimum atomic E-state index is -0.895. The summed E-state index contributed by atoms with van der Waals surface area (Å²) in [5.41, 5.74) is 11.2. The molecule has 0 radical (unpaired) electrons. The third-order valence-electron chi connectivity index (χ3n) is 2.31. The highest BCUT2D eigenvalue weighted by Crippen LogP contribution is 2.23. The van der Waals surface area contributed by atoms with Crippen molar-refractivity contribution in [2.24, 2.45) is 11.5 Å². The van der Waals surface area contributed by atoms with Gasteiger partial charge in [0.05, 0.1) is 0 Å². The quantitative estimate of drug-likeness (QED) is 0.728. The number of thiocarbonyl (C=S) groups is 1. The van der Waals surface area contributed by atoms with Gasteiger partial charge in [-0.3, -0.25) is 4.79 Å². The molecule has 6 heteroatoms. The van der Waals surface area contributed by atoms with E-state index in [0.29, 0.717) is 16.3 Å². The van der Waals surface area contributed by atoms with Gasteiger partial charge in [0.15, 0.2) is 0 Å². The van der Waals surface area contributed by atoms with Crippen molar-refractivity contribution in [2.45, 2.75) is 19.4 Å². The summed E-state index contributed by atoms with van der Waals surface area (Å²) in [7, 11) is 0. The number of amides is 1. The van der Waals surface area contributed by atoms with Crippen LogP contribution in [0.1, 0.15) is 19.4 Å². The van der Waals surface area contributed by atoms with Crippen LogP contribution in [-0.2, 0) is 4.79 Å². The summed E-state index contributed by atoms with van der Waals surface area (Å²) in [6.45, 7) is 3.35. The number of nitrogens with one attached hydrogen (secondary N) is 1. The lowest BCUT2D eigenvalue weighted by molar-refractivity contribution is -0.121. The lowest BCUT2D eigenvalue weighted by atomic mass is 10.0. The first-order valence-electron chi connectivity index (χ1n) is 4.91. The van der Waals surface area contributed by atoms with Crippen molar-refractivity contribution in [2.75, 3.05) is 5.32 Å². The number of primary amides is 1. The normalized spacial score (nSPS) is 11.0. The van der Waals surface area contributed by atoms with Crippen LogP contribution in [0.25, 0.3) is 0 Å². The predicted octanol–water partition coefficient (Wildman–Crippen LogP) is 1.65. The van der Waals surface area contributed by atoms with E-state index in [1.165, 1.54) is 0 Å². The zero-order valence-electron chi connectivity index (χ0n) is 9.58. The summed E-state index contributed by atoms with van der Waals surface area (Å²) >= 11 is 10.8. The molecule has 92 valence electrons. The van der Waals surface area contributed by atoms with E-state index in [1.54, 1.807) is 32.0 Å². The number of halogens is 1. The number of nitrogens with two attached hydrogens (primary N) is 2. The number of benzene rings is 1. The van der Waals surface area contributed by atoms with Crippen LogP contribution < -0.4 is 16.8 Å². The van der Waals surface area contributed by atoms with Crippen molar-refractivity contribution in [3.63, 3.8) is 0 Å². The number of anilines is 1. The van der Waals surface area contributed by atoms with Crippen LogP contribution in [0.3, 0.4) is 0 Å². The van der Waals surface area contributed by atoms with Crippen LogP contribution in [0.4, 0.5) is 5.69 Å². The molecule has 1 aromatic rings. The first-order chi connectivity index (χ1) is 7.74. The third-order valence-corrected chi connectivity index (χ3v) is 2.77. The van der Waals surface area contributed by atoms with Gasteiger partial charge in [0, 0.05) is 16.3 Å². The molecule has 5 N–H and O–H groups in total. The minimum Gasteiger partial charge on any atom is -0.389 e. The summed E-state index contributed by atoms with van der Waals surface area (Å²) in [5, 5.41) is 3.52. The molecule has 0 atom stereocenters. The van der Waals surface area contributed by atoms with Crippen molar-refractivity contribution in [3.05, 3.63) is 28.8 Å². The Hall–Kier alpha value is -1.33. The number of carbonyl (C=O) groups excluding carboxylic acids is 1. The average molecular weight is 272 g/mol. The van der Waals surface area contributed by atoms with E-state index in [2.05, 4.69) is 5.32 Å². The first-order valence-corrected chi connectivity index (χ1v) is 5.70. The van der Waals surface area contributed by atoms with Crippen molar-refractivity contribution >= 4 is 40.4 Å². The Morgan fingerprint density at radius 3 is 2.47 bits per heavy atom. The van der Waals surface area contributed by atoms with Gasteiger partial charge >= 0.3 is 0 Å². The lowest BCUT2D eigenvalue weighted by Gasteiger charge is -2.25. The highest BCUT2D eigenvalue weighted by atomic mass is 35.5. The summed E-state index contributed by atoms with van der Waals surface area (Å²) in [4.78, 5) is 11.4. The fraction of sp³-hybridized carbons (Fsp3) is 0.273. The SMILES string of the molecule is CC(C)(Nc1ccc(Cl)cc1C(N)=S)C(N)=O. The Morgan fingerprint density at radius 2 is 2.00 bits per heavy atom. The van der Waals surface area contributed by atoms with E-state index in [0.717, 1.165) is 0 Å². The molecule has 0 saturated carbocycles. The number of carbonyl (C=O) groups is 1. The molecule has 17 heavy (non-hydrogen) atoms. The molecule has 0 aromatic heterocycles. The summed E-state index contributed by atoms with van der Waals surface area (Å²) in [5.74, 6) is -0.471. The zero-order valence-corrected chi connectivity index (χ0v) is 11.2. The number of hydrogen-bond donors (Lipinski definition) is 3.